The van der Waals surface area contributed by atoms with Gasteiger partial charge in [-0.1, -0.05) is 24.3 Å². The smallest absolute Gasteiger partial charge is 0.337 e. The summed E-state index contributed by atoms with van der Waals surface area (Å²) in [5.74, 6) is -0.756. The fourth-order valence-electron chi connectivity index (χ4n) is 3.05. The van der Waals surface area contributed by atoms with Gasteiger partial charge in [0.2, 0.25) is 0 Å². The summed E-state index contributed by atoms with van der Waals surface area (Å²) in [6, 6.07) is 13.9. The van der Waals surface area contributed by atoms with Gasteiger partial charge in [0.1, 0.15) is 0 Å². The molecule has 0 spiro atoms. The number of allylic oxidation sites excluding steroid dienone is 2. The summed E-state index contributed by atoms with van der Waals surface area (Å²) in [6.45, 7) is 0. The highest BCUT2D eigenvalue weighted by Crippen LogP contribution is 2.29. The number of carbonyl (C=O) groups excluding carboxylic acids is 3. The molecule has 0 N–H and O–H groups in total. The van der Waals surface area contributed by atoms with Gasteiger partial charge in [0.25, 0.3) is 0 Å². The minimum Gasteiger partial charge on any atom is -0.465 e. The summed E-state index contributed by atoms with van der Waals surface area (Å²) in [5.41, 5.74) is 4.14. The van der Waals surface area contributed by atoms with Crippen LogP contribution in [0.5, 0.6) is 0 Å². The molecule has 0 aliphatic heterocycles. The van der Waals surface area contributed by atoms with Crippen molar-refractivity contribution in [1.29, 1.82) is 0 Å². The summed E-state index contributed by atoms with van der Waals surface area (Å²) in [6.07, 6.45) is 5.04. The highest BCUT2D eigenvalue weighted by atomic mass is 16.5. The largest absolute Gasteiger partial charge is 0.465 e. The van der Waals surface area contributed by atoms with Crippen molar-refractivity contribution in [3.63, 3.8) is 0 Å². The Bertz CT molecular complexity index is 884. The van der Waals surface area contributed by atoms with Crippen LogP contribution in [0.4, 0.5) is 0 Å². The Labute approximate surface area is 163 Å². The Hall–Kier alpha value is -3.47. The molecule has 142 valence electrons. The number of esters is 2. The summed E-state index contributed by atoms with van der Waals surface area (Å²) in [7, 11) is 2.68. The standard InChI is InChI=1S/C23H20O5/c1-27-22(25)17-7-3-15(4-8-17)13-19-11-12-20(21(19)24)14-16-5-9-18(10-6-16)23(26)28-2/h3-10,13-14H,11-12H2,1-2H3/b19-13+,20-14+. The van der Waals surface area contributed by atoms with Crippen molar-refractivity contribution < 1.29 is 23.9 Å². The first-order valence-corrected chi connectivity index (χ1v) is 8.84. The summed E-state index contributed by atoms with van der Waals surface area (Å²) in [4.78, 5) is 35.6. The van der Waals surface area contributed by atoms with E-state index in [0.29, 0.717) is 24.0 Å². The first kappa shape index (κ1) is 19.3. The van der Waals surface area contributed by atoms with E-state index in [9.17, 15) is 14.4 Å². The molecule has 2 aromatic rings. The maximum absolute atomic E-state index is 12.7. The molecule has 1 aliphatic rings. The van der Waals surface area contributed by atoms with Crippen LogP contribution in [0.3, 0.4) is 0 Å². The van der Waals surface area contributed by atoms with E-state index in [1.807, 2.05) is 12.2 Å². The van der Waals surface area contributed by atoms with E-state index in [1.165, 1.54) is 14.2 Å². The molecule has 1 saturated carbocycles. The second-order valence-electron chi connectivity index (χ2n) is 6.40. The van der Waals surface area contributed by atoms with Crippen molar-refractivity contribution in [2.45, 2.75) is 12.8 Å². The number of carbonyl (C=O) groups is 3. The molecule has 0 unspecified atom stereocenters. The average Bonchev–Trinajstić information content (AvgIpc) is 3.07. The molecular weight excluding hydrogens is 356 g/mol. The van der Waals surface area contributed by atoms with E-state index in [0.717, 1.165) is 22.3 Å². The van der Waals surface area contributed by atoms with Crippen molar-refractivity contribution >= 4 is 29.9 Å². The maximum Gasteiger partial charge on any atom is 0.337 e. The van der Waals surface area contributed by atoms with Gasteiger partial charge in [-0.15, -0.1) is 0 Å². The number of methoxy groups -OCH3 is 2. The zero-order valence-corrected chi connectivity index (χ0v) is 15.7. The lowest BCUT2D eigenvalue weighted by Crippen LogP contribution is -2.00. The molecule has 28 heavy (non-hydrogen) atoms. The van der Waals surface area contributed by atoms with Gasteiger partial charge in [-0.3, -0.25) is 4.79 Å². The molecule has 0 amide bonds. The van der Waals surface area contributed by atoms with Crippen LogP contribution >= 0.6 is 0 Å². The molecule has 0 heterocycles. The number of Topliss-reactive ketones (excluding diaryl/α,β-unsaturated/α-hetero) is 1. The molecule has 0 aromatic heterocycles. The number of ether oxygens (including phenoxy) is 2. The summed E-state index contributed by atoms with van der Waals surface area (Å²) < 4.78 is 9.37. The predicted molar refractivity (Wildman–Crippen MR) is 106 cm³/mol. The van der Waals surface area contributed by atoms with E-state index in [4.69, 9.17) is 0 Å². The molecule has 2 aromatic carbocycles. The highest BCUT2D eigenvalue weighted by molar-refractivity contribution is 6.15. The van der Waals surface area contributed by atoms with Gasteiger partial charge >= 0.3 is 11.9 Å². The number of rotatable bonds is 4. The van der Waals surface area contributed by atoms with Crippen LogP contribution in [-0.4, -0.2) is 31.9 Å². The Morgan fingerprint density at radius 3 is 1.39 bits per heavy atom. The normalized spacial score (nSPS) is 16.4. The average molecular weight is 376 g/mol. The van der Waals surface area contributed by atoms with Crippen molar-refractivity contribution in [2.75, 3.05) is 14.2 Å². The zero-order valence-electron chi connectivity index (χ0n) is 15.7. The van der Waals surface area contributed by atoms with Crippen molar-refractivity contribution in [1.82, 2.24) is 0 Å². The maximum atomic E-state index is 12.7. The van der Waals surface area contributed by atoms with Gasteiger partial charge < -0.3 is 9.47 Å². The van der Waals surface area contributed by atoms with Crippen LogP contribution in [0, 0.1) is 0 Å². The molecule has 5 heteroatoms. The lowest BCUT2D eigenvalue weighted by atomic mass is 10.0. The number of hydrogen-bond acceptors (Lipinski definition) is 5. The van der Waals surface area contributed by atoms with E-state index in [1.54, 1.807) is 48.5 Å². The summed E-state index contributed by atoms with van der Waals surface area (Å²) >= 11 is 0. The van der Waals surface area contributed by atoms with Gasteiger partial charge in [0.15, 0.2) is 5.78 Å². The van der Waals surface area contributed by atoms with Crippen molar-refractivity contribution in [3.05, 3.63) is 81.9 Å². The van der Waals surface area contributed by atoms with Crippen LogP contribution in [0.25, 0.3) is 12.2 Å². The Balaban J connectivity index is 1.75. The third kappa shape index (κ3) is 4.26. The number of benzene rings is 2. The van der Waals surface area contributed by atoms with E-state index < -0.39 is 0 Å². The Kier molecular flexibility index (Phi) is 5.84. The second-order valence-corrected chi connectivity index (χ2v) is 6.40. The molecule has 0 atom stereocenters. The van der Waals surface area contributed by atoms with E-state index in [2.05, 4.69) is 9.47 Å². The third-order valence-corrected chi connectivity index (χ3v) is 4.59. The second kappa shape index (κ2) is 8.48. The predicted octanol–water partition coefficient (Wildman–Crippen LogP) is 4.09. The lowest BCUT2D eigenvalue weighted by Gasteiger charge is -2.01. The molecule has 1 fully saturated rings. The topological polar surface area (TPSA) is 69.7 Å². The third-order valence-electron chi connectivity index (χ3n) is 4.59. The van der Waals surface area contributed by atoms with Crippen LogP contribution in [0.15, 0.2) is 59.7 Å². The zero-order chi connectivity index (χ0) is 20.1. The van der Waals surface area contributed by atoms with Gasteiger partial charge in [-0.25, -0.2) is 9.59 Å². The lowest BCUT2D eigenvalue weighted by molar-refractivity contribution is -0.111. The fraction of sp³-hybridized carbons (Fsp3) is 0.174. The molecule has 3 rings (SSSR count). The molecule has 1 aliphatic carbocycles. The first-order valence-electron chi connectivity index (χ1n) is 8.84. The molecule has 0 radical (unpaired) electrons. The van der Waals surface area contributed by atoms with Crippen molar-refractivity contribution in [3.8, 4) is 0 Å². The first-order chi connectivity index (χ1) is 13.5. The monoisotopic (exact) mass is 376 g/mol. The van der Waals surface area contributed by atoms with Gasteiger partial charge in [-0.05, 0) is 60.4 Å². The minimum absolute atomic E-state index is 0.0223. The van der Waals surface area contributed by atoms with Gasteiger partial charge in [0.05, 0.1) is 25.3 Å². The molecule has 0 saturated heterocycles. The van der Waals surface area contributed by atoms with Gasteiger partial charge in [0, 0.05) is 11.1 Å². The van der Waals surface area contributed by atoms with Crippen LogP contribution in [0.2, 0.25) is 0 Å². The number of ketones is 1. The Morgan fingerprint density at radius 1 is 0.714 bits per heavy atom. The van der Waals surface area contributed by atoms with E-state index in [-0.39, 0.29) is 17.7 Å². The van der Waals surface area contributed by atoms with E-state index >= 15 is 0 Å². The van der Waals surface area contributed by atoms with Crippen LogP contribution in [-0.2, 0) is 14.3 Å². The molecule has 0 bridgehead atoms. The van der Waals surface area contributed by atoms with Crippen molar-refractivity contribution in [2.24, 2.45) is 0 Å². The quantitative estimate of drug-likeness (QED) is 0.594. The van der Waals surface area contributed by atoms with Crippen LogP contribution < -0.4 is 0 Å². The highest BCUT2D eigenvalue weighted by Gasteiger charge is 2.23. The minimum atomic E-state index is -0.389. The molecule has 5 nitrogen and oxygen atoms in total. The van der Waals surface area contributed by atoms with Gasteiger partial charge in [-0.2, -0.15) is 0 Å². The fourth-order valence-corrected chi connectivity index (χ4v) is 3.05. The Morgan fingerprint density at radius 2 is 1.07 bits per heavy atom. The molecular formula is C23H20O5. The summed E-state index contributed by atoms with van der Waals surface area (Å²) in [5, 5.41) is 0. The SMILES string of the molecule is COC(=O)c1ccc(/C=C2\CC/C(=C\c3ccc(C(=O)OC)cc3)C2=O)cc1. The van der Waals surface area contributed by atoms with Crippen LogP contribution in [0.1, 0.15) is 44.7 Å². The number of hydrogen-bond donors (Lipinski definition) is 0.